The number of rotatable bonds is 9. The predicted molar refractivity (Wildman–Crippen MR) is 171 cm³/mol. The zero-order chi connectivity index (χ0) is 29.3. The summed E-state index contributed by atoms with van der Waals surface area (Å²) in [5, 5.41) is 3.82. The molecule has 3 atom stereocenters. The van der Waals surface area contributed by atoms with Gasteiger partial charge in [-0.1, -0.05) is 103 Å². The van der Waals surface area contributed by atoms with Crippen molar-refractivity contribution in [3.05, 3.63) is 138 Å². The Morgan fingerprint density at radius 1 is 0.881 bits per heavy atom. The maximum absolute atomic E-state index is 14.1. The van der Waals surface area contributed by atoms with Gasteiger partial charge in [-0.15, -0.1) is 11.8 Å². The summed E-state index contributed by atoms with van der Waals surface area (Å²) in [7, 11) is 1.65. The van der Waals surface area contributed by atoms with Crippen LogP contribution in [0.15, 0.2) is 120 Å². The van der Waals surface area contributed by atoms with Gasteiger partial charge in [-0.2, -0.15) is 0 Å². The summed E-state index contributed by atoms with van der Waals surface area (Å²) >= 11 is 1.78. The zero-order valence-corrected chi connectivity index (χ0v) is 24.9. The van der Waals surface area contributed by atoms with Crippen molar-refractivity contribution in [3.8, 4) is 5.75 Å². The number of benzene rings is 4. The number of aliphatic imine (C=N–C) groups is 1. The van der Waals surface area contributed by atoms with Crippen molar-refractivity contribution in [2.24, 2.45) is 10.7 Å². The van der Waals surface area contributed by atoms with Gasteiger partial charge in [0.25, 0.3) is 0 Å². The van der Waals surface area contributed by atoms with Crippen molar-refractivity contribution in [2.45, 2.75) is 48.1 Å². The molecule has 2 saturated heterocycles. The van der Waals surface area contributed by atoms with Crippen molar-refractivity contribution in [3.63, 3.8) is 0 Å². The molecular weight excluding hydrogens is 540 g/mol. The minimum atomic E-state index is -0.729. The van der Waals surface area contributed by atoms with Gasteiger partial charge in [0.1, 0.15) is 29.0 Å². The van der Waals surface area contributed by atoms with E-state index in [0.717, 1.165) is 28.0 Å². The van der Waals surface area contributed by atoms with Gasteiger partial charge in [0.15, 0.2) is 0 Å². The van der Waals surface area contributed by atoms with Crippen LogP contribution in [-0.4, -0.2) is 46.0 Å². The molecule has 4 aromatic carbocycles. The Bertz CT molecular complexity index is 1460. The van der Waals surface area contributed by atoms with E-state index in [1.54, 1.807) is 18.9 Å². The number of nitrogens with zero attached hydrogens (tertiary/aromatic N) is 2. The van der Waals surface area contributed by atoms with Crippen LogP contribution in [0.4, 0.5) is 0 Å². The number of nitrogens with one attached hydrogen (secondary N) is 1. The number of ether oxygens (including phenoxy) is 1. The number of carbonyl (C=O) groups excluding carboxylic acids is 1. The number of nitrogens with two attached hydrogens (primary N) is 1. The summed E-state index contributed by atoms with van der Waals surface area (Å²) in [6.07, 6.45) is 0. The first-order chi connectivity index (χ1) is 20.3. The Hall–Kier alpha value is -4.07. The molecule has 6 rings (SSSR count). The molecule has 42 heavy (non-hydrogen) atoms. The number of hydrogen-bond acceptors (Lipinski definition) is 5. The molecule has 7 heteroatoms. The number of fused-ring (bicyclic) bond motifs is 1. The Labute approximate surface area is 252 Å². The molecule has 214 valence electrons. The molecular formula is C35H36N4O2S. The maximum atomic E-state index is 14.1. The average molecular weight is 577 g/mol. The summed E-state index contributed by atoms with van der Waals surface area (Å²) in [5.41, 5.74) is 10.2. The Kier molecular flexibility index (Phi) is 7.56. The summed E-state index contributed by atoms with van der Waals surface area (Å²) in [6.45, 7) is 4.75. The van der Waals surface area contributed by atoms with E-state index in [9.17, 15) is 4.79 Å². The van der Waals surface area contributed by atoms with Gasteiger partial charge in [-0.3, -0.25) is 15.1 Å². The van der Waals surface area contributed by atoms with Gasteiger partial charge in [0, 0.05) is 4.75 Å². The lowest BCUT2D eigenvalue weighted by Gasteiger charge is -2.49. The molecule has 0 spiro atoms. The third-order valence-corrected chi connectivity index (χ3v) is 9.89. The molecule has 0 radical (unpaired) electrons. The van der Waals surface area contributed by atoms with Crippen molar-refractivity contribution in [1.82, 2.24) is 10.2 Å². The Morgan fingerprint density at radius 3 is 1.86 bits per heavy atom. The van der Waals surface area contributed by atoms with Crippen LogP contribution in [-0.2, 0) is 16.9 Å². The fourth-order valence-corrected chi connectivity index (χ4v) is 7.92. The molecule has 3 N–H and O–H groups in total. The predicted octanol–water partition coefficient (Wildman–Crippen LogP) is 5.57. The molecule has 1 amide bonds. The quantitative estimate of drug-likeness (QED) is 0.118. The van der Waals surface area contributed by atoms with Gasteiger partial charge < -0.3 is 15.4 Å². The van der Waals surface area contributed by atoms with E-state index in [2.05, 4.69) is 92.0 Å². The second-order valence-corrected chi connectivity index (χ2v) is 13.1. The number of β-lactam (4-membered cyclic amide) rings is 1. The van der Waals surface area contributed by atoms with Crippen molar-refractivity contribution in [2.75, 3.05) is 7.11 Å². The first-order valence-corrected chi connectivity index (χ1v) is 15.1. The van der Waals surface area contributed by atoms with Gasteiger partial charge >= 0.3 is 0 Å². The van der Waals surface area contributed by atoms with E-state index < -0.39 is 11.6 Å². The normalized spacial score (nSPS) is 21.5. The van der Waals surface area contributed by atoms with Crippen molar-refractivity contribution >= 4 is 23.5 Å². The van der Waals surface area contributed by atoms with Crippen LogP contribution in [0.3, 0.4) is 0 Å². The lowest BCUT2D eigenvalue weighted by Crippen LogP contribution is -2.73. The Morgan fingerprint density at radius 2 is 1.38 bits per heavy atom. The van der Waals surface area contributed by atoms with E-state index in [-0.39, 0.29) is 22.1 Å². The van der Waals surface area contributed by atoms with Gasteiger partial charge in [0.05, 0.1) is 19.2 Å². The number of carbonyl (C=O) groups is 1. The topological polar surface area (TPSA) is 80.0 Å². The van der Waals surface area contributed by atoms with Crippen LogP contribution in [0.5, 0.6) is 5.75 Å². The molecule has 0 aliphatic carbocycles. The SMILES string of the molecule is COc1ccc(CN=C(N)C2N3C(=O)C(NC(c4ccccc4)(c4ccccc4)c4ccccc4)[C@@H]3SC2(C)C)cc1. The standard InChI is InChI=1S/C35H36N4O2S/c1-34(2)30(31(36)37-23-24-19-21-28(41-3)22-20-24)39-32(40)29(33(39)42-34)38-35(25-13-7-4-8-14-25,26-15-9-5-10-16-26)27-17-11-6-12-18-27/h4-22,29-30,33,38H,23H2,1-3H3,(H2,36,37)/t29?,30?,33-/m0/s1. The van der Waals surface area contributed by atoms with Crippen LogP contribution in [0.2, 0.25) is 0 Å². The highest BCUT2D eigenvalue weighted by Gasteiger charge is 2.63. The minimum Gasteiger partial charge on any atom is -0.497 e. The van der Waals surface area contributed by atoms with E-state index >= 15 is 0 Å². The zero-order valence-electron chi connectivity index (χ0n) is 24.1. The fraction of sp³-hybridized carbons (Fsp3) is 0.257. The monoisotopic (exact) mass is 576 g/mol. The number of hydrogen-bond donors (Lipinski definition) is 2. The molecule has 4 aromatic rings. The first-order valence-electron chi connectivity index (χ1n) is 14.2. The van der Waals surface area contributed by atoms with E-state index in [4.69, 9.17) is 15.5 Å². The lowest BCUT2D eigenvalue weighted by atomic mass is 9.76. The summed E-state index contributed by atoms with van der Waals surface area (Å²) < 4.78 is 4.96. The molecule has 2 heterocycles. The van der Waals surface area contributed by atoms with Crippen molar-refractivity contribution < 1.29 is 9.53 Å². The van der Waals surface area contributed by atoms with Gasteiger partial charge in [0.2, 0.25) is 5.91 Å². The third kappa shape index (κ3) is 4.86. The lowest BCUT2D eigenvalue weighted by molar-refractivity contribution is -0.147. The van der Waals surface area contributed by atoms with Crippen LogP contribution in [0.1, 0.15) is 36.1 Å². The highest BCUT2D eigenvalue weighted by Crippen LogP contribution is 2.52. The summed E-state index contributed by atoms with van der Waals surface area (Å²) in [5.74, 6) is 1.32. The number of amidine groups is 1. The maximum Gasteiger partial charge on any atom is 0.244 e. The Balaban J connectivity index is 1.33. The van der Waals surface area contributed by atoms with Crippen molar-refractivity contribution in [1.29, 1.82) is 0 Å². The average Bonchev–Trinajstić information content (AvgIpc) is 3.29. The molecule has 2 aliphatic heterocycles. The summed E-state index contributed by atoms with van der Waals surface area (Å²) in [6, 6.07) is 38.3. The van der Waals surface area contributed by atoms with Crippen LogP contribution >= 0.6 is 11.8 Å². The number of thioether (sulfide) groups is 1. The van der Waals surface area contributed by atoms with E-state index in [0.29, 0.717) is 12.4 Å². The number of methoxy groups -OCH3 is 1. The molecule has 2 aliphatic rings. The minimum absolute atomic E-state index is 0.0397. The number of amides is 1. The van der Waals surface area contributed by atoms with E-state index in [1.807, 2.05) is 47.4 Å². The fourth-order valence-electron chi connectivity index (χ4n) is 6.28. The smallest absolute Gasteiger partial charge is 0.244 e. The largest absolute Gasteiger partial charge is 0.497 e. The van der Waals surface area contributed by atoms with Crippen LogP contribution in [0, 0.1) is 0 Å². The third-order valence-electron chi connectivity index (χ3n) is 8.32. The highest BCUT2D eigenvalue weighted by atomic mass is 32.2. The highest BCUT2D eigenvalue weighted by molar-refractivity contribution is 8.01. The van der Waals surface area contributed by atoms with Gasteiger partial charge in [-0.05, 0) is 48.2 Å². The van der Waals surface area contributed by atoms with Crippen LogP contribution < -0.4 is 15.8 Å². The van der Waals surface area contributed by atoms with Gasteiger partial charge in [-0.25, -0.2) is 0 Å². The first kappa shape index (κ1) is 28.1. The summed E-state index contributed by atoms with van der Waals surface area (Å²) in [4.78, 5) is 20.8. The second kappa shape index (κ2) is 11.3. The molecule has 2 unspecified atom stereocenters. The molecule has 2 fully saturated rings. The molecule has 0 bridgehead atoms. The molecule has 6 nitrogen and oxygen atoms in total. The molecule has 0 saturated carbocycles. The molecule has 0 aromatic heterocycles. The second-order valence-electron chi connectivity index (χ2n) is 11.3. The van der Waals surface area contributed by atoms with Crippen LogP contribution in [0.25, 0.3) is 0 Å². The van der Waals surface area contributed by atoms with E-state index in [1.165, 1.54) is 0 Å².